The summed E-state index contributed by atoms with van der Waals surface area (Å²) in [5.41, 5.74) is 1.54. The number of carbonyl (C=O) groups is 1. The van der Waals surface area contributed by atoms with E-state index in [9.17, 15) is 4.79 Å². The number of nitrogens with zero attached hydrogens (tertiary/aromatic N) is 4. The molecule has 0 radical (unpaired) electrons. The number of hydrogen-bond acceptors (Lipinski definition) is 6. The first-order valence-electron chi connectivity index (χ1n) is 6.39. The van der Waals surface area contributed by atoms with Crippen molar-refractivity contribution in [1.29, 1.82) is 0 Å². The highest BCUT2D eigenvalue weighted by atomic mass is 16.5. The summed E-state index contributed by atoms with van der Waals surface area (Å²) in [6, 6.07) is 9.62. The minimum Gasteiger partial charge on any atom is -0.460 e. The number of ether oxygens (including phenoxy) is 1. The van der Waals surface area contributed by atoms with Gasteiger partial charge in [-0.25, -0.2) is 9.48 Å². The van der Waals surface area contributed by atoms with Gasteiger partial charge in [0.15, 0.2) is 0 Å². The predicted octanol–water partition coefficient (Wildman–Crippen LogP) is 2.10. The molecule has 2 aromatic heterocycles. The van der Waals surface area contributed by atoms with Crippen molar-refractivity contribution in [3.63, 3.8) is 0 Å². The van der Waals surface area contributed by atoms with Gasteiger partial charge in [0, 0.05) is 6.20 Å². The molecule has 0 aliphatic rings. The Balaban J connectivity index is 1.85. The third kappa shape index (κ3) is 2.66. The molecule has 0 aliphatic carbocycles. The average Bonchev–Trinajstić information content (AvgIpc) is 3.17. The molecule has 0 fully saturated rings. The highest BCUT2D eigenvalue weighted by Gasteiger charge is 2.17. The third-order valence-corrected chi connectivity index (χ3v) is 2.73. The summed E-state index contributed by atoms with van der Waals surface area (Å²) in [4.78, 5) is 15.5. The Labute approximate surface area is 120 Å². The molecule has 0 N–H and O–H groups in total. The second-order valence-corrected chi connectivity index (χ2v) is 4.15. The van der Waals surface area contributed by atoms with Crippen molar-refractivity contribution in [2.75, 3.05) is 6.61 Å². The topological polar surface area (TPSA) is 83.0 Å². The molecule has 3 rings (SSSR count). The second-order valence-electron chi connectivity index (χ2n) is 4.15. The van der Waals surface area contributed by atoms with Gasteiger partial charge in [-0.05, 0) is 24.2 Å². The molecule has 106 valence electrons. The fourth-order valence-electron chi connectivity index (χ4n) is 1.77. The summed E-state index contributed by atoms with van der Waals surface area (Å²) >= 11 is 0. The highest BCUT2D eigenvalue weighted by molar-refractivity contribution is 5.85. The molecule has 0 spiro atoms. The molecule has 7 nitrogen and oxygen atoms in total. The van der Waals surface area contributed by atoms with Crippen LogP contribution < -0.4 is 0 Å². The number of esters is 1. The van der Waals surface area contributed by atoms with Crippen LogP contribution in [0.25, 0.3) is 17.1 Å². The van der Waals surface area contributed by atoms with Crippen molar-refractivity contribution < 1.29 is 14.1 Å². The first-order chi connectivity index (χ1) is 10.3. The van der Waals surface area contributed by atoms with Crippen LogP contribution in [0.2, 0.25) is 0 Å². The molecule has 0 atom stereocenters. The smallest absolute Gasteiger partial charge is 0.379 e. The van der Waals surface area contributed by atoms with Gasteiger partial charge in [-0.2, -0.15) is 10.1 Å². The maximum absolute atomic E-state index is 11.5. The molecule has 7 heteroatoms. The zero-order chi connectivity index (χ0) is 14.7. The van der Waals surface area contributed by atoms with E-state index in [1.54, 1.807) is 24.0 Å². The fraction of sp³-hybridized carbons (Fsp3) is 0.143. The molecule has 0 saturated heterocycles. The Morgan fingerprint density at radius 3 is 2.90 bits per heavy atom. The second kappa shape index (κ2) is 5.58. The van der Waals surface area contributed by atoms with Gasteiger partial charge in [-0.3, -0.25) is 0 Å². The quantitative estimate of drug-likeness (QED) is 0.682. The number of carbonyl (C=O) groups excluding carboxylic acids is 1. The predicted molar refractivity (Wildman–Crippen MR) is 72.8 cm³/mol. The fourth-order valence-corrected chi connectivity index (χ4v) is 1.77. The summed E-state index contributed by atoms with van der Waals surface area (Å²) in [5.74, 6) is -0.484. The minimum atomic E-state index is -0.608. The molecule has 0 saturated carbocycles. The molecule has 1 aromatic carbocycles. The number of rotatable bonds is 4. The van der Waals surface area contributed by atoms with Crippen molar-refractivity contribution >= 4 is 5.97 Å². The van der Waals surface area contributed by atoms with Crippen LogP contribution >= 0.6 is 0 Å². The van der Waals surface area contributed by atoms with Gasteiger partial charge < -0.3 is 9.26 Å². The van der Waals surface area contributed by atoms with E-state index < -0.39 is 5.97 Å². The van der Waals surface area contributed by atoms with E-state index in [2.05, 4.69) is 15.2 Å². The number of aromatic nitrogens is 4. The summed E-state index contributed by atoms with van der Waals surface area (Å²) in [6.07, 6.45) is 3.34. The molecule has 0 amide bonds. The Kier molecular flexibility index (Phi) is 3.46. The van der Waals surface area contributed by atoms with Crippen molar-refractivity contribution in [2.45, 2.75) is 6.92 Å². The SMILES string of the molecule is CCOC(=O)c1noc(-c2cnn(-c3ccccc3)c2)n1. The lowest BCUT2D eigenvalue weighted by Gasteiger charge is -1.98. The van der Waals surface area contributed by atoms with E-state index >= 15 is 0 Å². The lowest BCUT2D eigenvalue weighted by molar-refractivity contribution is 0.0508. The van der Waals surface area contributed by atoms with E-state index in [0.717, 1.165) is 5.69 Å². The lowest BCUT2D eigenvalue weighted by atomic mass is 10.3. The van der Waals surface area contributed by atoms with Gasteiger partial charge >= 0.3 is 5.97 Å². The zero-order valence-corrected chi connectivity index (χ0v) is 11.3. The zero-order valence-electron chi connectivity index (χ0n) is 11.3. The summed E-state index contributed by atoms with van der Waals surface area (Å²) in [7, 11) is 0. The molecule has 0 aliphatic heterocycles. The Bertz CT molecular complexity index is 748. The van der Waals surface area contributed by atoms with Gasteiger partial charge in [0.1, 0.15) is 0 Å². The van der Waals surface area contributed by atoms with E-state index in [0.29, 0.717) is 5.56 Å². The molecule has 0 unspecified atom stereocenters. The summed E-state index contributed by atoms with van der Waals surface area (Å²) in [5, 5.41) is 7.82. The average molecular weight is 284 g/mol. The highest BCUT2D eigenvalue weighted by Crippen LogP contribution is 2.18. The van der Waals surface area contributed by atoms with Gasteiger partial charge in [-0.15, -0.1) is 0 Å². The summed E-state index contributed by atoms with van der Waals surface area (Å²) in [6.45, 7) is 1.97. The monoisotopic (exact) mass is 284 g/mol. The third-order valence-electron chi connectivity index (χ3n) is 2.73. The van der Waals surface area contributed by atoms with Crippen LogP contribution in [0.4, 0.5) is 0 Å². The molecule has 0 bridgehead atoms. The van der Waals surface area contributed by atoms with E-state index in [4.69, 9.17) is 9.26 Å². The van der Waals surface area contributed by atoms with E-state index in [-0.39, 0.29) is 18.3 Å². The Morgan fingerprint density at radius 2 is 2.14 bits per heavy atom. The molecular weight excluding hydrogens is 272 g/mol. The number of para-hydroxylation sites is 1. The normalized spacial score (nSPS) is 10.5. The first kappa shape index (κ1) is 13.0. The number of hydrogen-bond donors (Lipinski definition) is 0. The first-order valence-corrected chi connectivity index (χ1v) is 6.39. The molecule has 3 aromatic rings. The van der Waals surface area contributed by atoms with Crippen molar-refractivity contribution in [2.24, 2.45) is 0 Å². The van der Waals surface area contributed by atoms with Crippen molar-refractivity contribution in [1.82, 2.24) is 19.9 Å². The molecular formula is C14H12N4O3. The van der Waals surface area contributed by atoms with Crippen molar-refractivity contribution in [3.8, 4) is 17.1 Å². The van der Waals surface area contributed by atoms with Gasteiger partial charge in [0.25, 0.3) is 11.7 Å². The minimum absolute atomic E-state index is 0.0979. The van der Waals surface area contributed by atoms with Crippen LogP contribution in [0.1, 0.15) is 17.5 Å². The Hall–Kier alpha value is -2.96. The number of benzene rings is 1. The van der Waals surface area contributed by atoms with Gasteiger partial charge in [0.05, 0.1) is 24.1 Å². The lowest BCUT2D eigenvalue weighted by Crippen LogP contribution is -2.06. The van der Waals surface area contributed by atoms with Crippen molar-refractivity contribution in [3.05, 3.63) is 48.5 Å². The van der Waals surface area contributed by atoms with Crippen LogP contribution in [0, 0.1) is 0 Å². The largest absolute Gasteiger partial charge is 0.460 e. The van der Waals surface area contributed by atoms with Crippen LogP contribution in [0.3, 0.4) is 0 Å². The van der Waals surface area contributed by atoms with Crippen LogP contribution in [-0.4, -0.2) is 32.5 Å². The van der Waals surface area contributed by atoms with Crippen LogP contribution in [0.15, 0.2) is 47.2 Å². The van der Waals surface area contributed by atoms with Gasteiger partial charge in [-0.1, -0.05) is 18.2 Å². The maximum Gasteiger partial charge on any atom is 0.379 e. The summed E-state index contributed by atoms with van der Waals surface area (Å²) < 4.78 is 11.5. The maximum atomic E-state index is 11.5. The van der Waals surface area contributed by atoms with Crippen LogP contribution in [-0.2, 0) is 4.74 Å². The van der Waals surface area contributed by atoms with Crippen LogP contribution in [0.5, 0.6) is 0 Å². The van der Waals surface area contributed by atoms with E-state index in [1.165, 1.54) is 0 Å². The standard InChI is InChI=1S/C14H12N4O3/c1-2-20-14(19)12-16-13(21-17-12)10-8-15-18(9-10)11-6-4-3-5-7-11/h3-9H,2H2,1H3. The molecule has 21 heavy (non-hydrogen) atoms. The van der Waals surface area contributed by atoms with Gasteiger partial charge in [0.2, 0.25) is 0 Å². The van der Waals surface area contributed by atoms with E-state index in [1.807, 2.05) is 30.3 Å². The molecule has 2 heterocycles. The Morgan fingerprint density at radius 1 is 1.33 bits per heavy atom.